The summed E-state index contributed by atoms with van der Waals surface area (Å²) in [6.07, 6.45) is 3.94. The van der Waals surface area contributed by atoms with Crippen molar-refractivity contribution < 1.29 is 0 Å². The van der Waals surface area contributed by atoms with Crippen molar-refractivity contribution in [1.29, 1.82) is 0 Å². The maximum absolute atomic E-state index is 6.32. The van der Waals surface area contributed by atoms with Gasteiger partial charge < -0.3 is 10.6 Å². The minimum absolute atomic E-state index is 0.620. The van der Waals surface area contributed by atoms with E-state index in [-0.39, 0.29) is 0 Å². The van der Waals surface area contributed by atoms with Crippen molar-refractivity contribution in [2.45, 2.75) is 25.3 Å². The molecule has 2 N–H and O–H groups in total. The largest absolute Gasteiger partial charge is 0.399 e. The van der Waals surface area contributed by atoms with Crippen LogP contribution in [-0.2, 0) is 0 Å². The van der Waals surface area contributed by atoms with Gasteiger partial charge in [-0.15, -0.1) is 0 Å². The second-order valence-electron chi connectivity index (χ2n) is 5.46. The summed E-state index contributed by atoms with van der Waals surface area (Å²) in [6.45, 7) is 4.34. The molecule has 1 unspecified atom stereocenters. The molecule has 2 saturated heterocycles. The molecule has 3 nitrogen and oxygen atoms in total. The van der Waals surface area contributed by atoms with E-state index in [1.54, 1.807) is 12.1 Å². The average molecular weight is 300 g/mol. The lowest BCUT2D eigenvalue weighted by molar-refractivity contribution is 0.133. The molecule has 19 heavy (non-hydrogen) atoms. The Balaban J connectivity index is 1.83. The molecule has 2 fully saturated rings. The van der Waals surface area contributed by atoms with Crippen LogP contribution >= 0.6 is 23.2 Å². The van der Waals surface area contributed by atoms with Crippen molar-refractivity contribution >= 4 is 34.6 Å². The van der Waals surface area contributed by atoms with Crippen LogP contribution in [0.25, 0.3) is 0 Å². The third-order valence-corrected chi connectivity index (χ3v) is 4.77. The minimum Gasteiger partial charge on any atom is -0.399 e. The molecule has 0 amide bonds. The monoisotopic (exact) mass is 299 g/mol. The molecular formula is C14H19Cl2N3. The molecule has 0 bridgehead atoms. The summed E-state index contributed by atoms with van der Waals surface area (Å²) in [5, 5.41) is 1.32. The van der Waals surface area contributed by atoms with E-state index < -0.39 is 0 Å². The van der Waals surface area contributed by atoms with E-state index in [2.05, 4.69) is 9.80 Å². The van der Waals surface area contributed by atoms with Gasteiger partial charge >= 0.3 is 0 Å². The van der Waals surface area contributed by atoms with Gasteiger partial charge in [0.1, 0.15) is 0 Å². The van der Waals surface area contributed by atoms with Crippen molar-refractivity contribution in [2.75, 3.05) is 36.8 Å². The second-order valence-corrected chi connectivity index (χ2v) is 6.28. The first-order valence-corrected chi connectivity index (χ1v) is 7.64. The van der Waals surface area contributed by atoms with Crippen LogP contribution in [0.15, 0.2) is 12.1 Å². The van der Waals surface area contributed by atoms with Gasteiger partial charge in [-0.2, -0.15) is 0 Å². The Morgan fingerprint density at radius 3 is 2.53 bits per heavy atom. The smallest absolute Gasteiger partial charge is 0.0747 e. The lowest BCUT2D eigenvalue weighted by atomic mass is 9.99. The van der Waals surface area contributed by atoms with E-state index in [4.69, 9.17) is 28.9 Å². The molecule has 0 spiro atoms. The number of nitrogens with two attached hydrogens (primary N) is 1. The van der Waals surface area contributed by atoms with Gasteiger partial charge in [0.05, 0.1) is 15.7 Å². The molecule has 0 saturated carbocycles. The van der Waals surface area contributed by atoms with Gasteiger partial charge in [-0.05, 0) is 31.5 Å². The van der Waals surface area contributed by atoms with Crippen LogP contribution in [-0.4, -0.2) is 37.1 Å². The number of hydrogen-bond acceptors (Lipinski definition) is 3. The topological polar surface area (TPSA) is 32.5 Å². The molecule has 0 aromatic heterocycles. The molecule has 5 heteroatoms. The van der Waals surface area contributed by atoms with Gasteiger partial charge in [0, 0.05) is 31.4 Å². The SMILES string of the molecule is Nc1cc(Cl)c(N2CCN3CCCCC3C2)c(Cl)c1. The van der Waals surface area contributed by atoms with Crippen molar-refractivity contribution in [3.05, 3.63) is 22.2 Å². The molecule has 0 radical (unpaired) electrons. The third-order valence-electron chi connectivity index (χ3n) is 4.19. The number of nitrogens with zero attached hydrogens (tertiary/aromatic N) is 2. The number of piperidine rings is 1. The molecule has 2 aliphatic rings. The summed E-state index contributed by atoms with van der Waals surface area (Å²) >= 11 is 12.6. The molecule has 2 aliphatic heterocycles. The quantitative estimate of drug-likeness (QED) is 0.808. The summed E-state index contributed by atoms with van der Waals surface area (Å²) in [5.74, 6) is 0. The summed E-state index contributed by atoms with van der Waals surface area (Å²) in [5.41, 5.74) is 7.34. The highest BCUT2D eigenvalue weighted by molar-refractivity contribution is 6.39. The van der Waals surface area contributed by atoms with Crippen molar-refractivity contribution in [3.63, 3.8) is 0 Å². The molecule has 104 valence electrons. The number of benzene rings is 1. The van der Waals surface area contributed by atoms with Gasteiger partial charge in [0.2, 0.25) is 0 Å². The fourth-order valence-electron chi connectivity index (χ4n) is 3.25. The van der Waals surface area contributed by atoms with Crippen LogP contribution in [0.2, 0.25) is 10.0 Å². The van der Waals surface area contributed by atoms with E-state index in [9.17, 15) is 0 Å². The summed E-state index contributed by atoms with van der Waals surface area (Å²) in [4.78, 5) is 4.91. The molecule has 3 rings (SSSR count). The number of piperazine rings is 1. The van der Waals surface area contributed by atoms with Crippen LogP contribution in [0.3, 0.4) is 0 Å². The first-order chi connectivity index (χ1) is 9.15. The Bertz CT molecular complexity index is 455. The summed E-state index contributed by atoms with van der Waals surface area (Å²) in [6, 6.07) is 4.22. The van der Waals surface area contributed by atoms with Gasteiger partial charge in [-0.3, -0.25) is 4.90 Å². The zero-order chi connectivity index (χ0) is 13.4. The number of hydrogen-bond donors (Lipinski definition) is 1. The second kappa shape index (κ2) is 5.39. The average Bonchev–Trinajstić information content (AvgIpc) is 2.37. The third kappa shape index (κ3) is 2.64. The van der Waals surface area contributed by atoms with Gasteiger partial charge in [0.15, 0.2) is 0 Å². The summed E-state index contributed by atoms with van der Waals surface area (Å²) < 4.78 is 0. The lowest BCUT2D eigenvalue weighted by Crippen LogP contribution is -2.55. The van der Waals surface area contributed by atoms with Crippen LogP contribution in [0.5, 0.6) is 0 Å². The predicted octanol–water partition coefficient (Wildman–Crippen LogP) is 3.25. The van der Waals surface area contributed by atoms with Crippen LogP contribution in [0.1, 0.15) is 19.3 Å². The van der Waals surface area contributed by atoms with Gasteiger partial charge in [-0.25, -0.2) is 0 Å². The Labute approximate surface area is 124 Å². The molecular weight excluding hydrogens is 281 g/mol. The van der Waals surface area contributed by atoms with Gasteiger partial charge in [-0.1, -0.05) is 29.6 Å². The van der Waals surface area contributed by atoms with E-state index in [0.29, 0.717) is 21.8 Å². The Kier molecular flexibility index (Phi) is 3.79. The zero-order valence-corrected chi connectivity index (χ0v) is 12.4. The molecule has 1 aromatic carbocycles. The minimum atomic E-state index is 0.620. The molecule has 1 atom stereocenters. The van der Waals surface area contributed by atoms with E-state index >= 15 is 0 Å². The fraction of sp³-hybridized carbons (Fsp3) is 0.571. The number of fused-ring (bicyclic) bond motifs is 1. The predicted molar refractivity (Wildman–Crippen MR) is 82.3 cm³/mol. The highest BCUT2D eigenvalue weighted by Gasteiger charge is 2.30. The van der Waals surface area contributed by atoms with Crippen LogP contribution < -0.4 is 10.6 Å². The molecule has 2 heterocycles. The first-order valence-electron chi connectivity index (χ1n) is 6.88. The van der Waals surface area contributed by atoms with Crippen molar-refractivity contribution in [2.24, 2.45) is 0 Å². The van der Waals surface area contributed by atoms with Gasteiger partial charge in [0.25, 0.3) is 0 Å². The number of nitrogen functional groups attached to an aromatic ring is 1. The molecule has 0 aliphatic carbocycles. The Morgan fingerprint density at radius 2 is 1.79 bits per heavy atom. The van der Waals surface area contributed by atoms with E-state index in [1.807, 2.05) is 0 Å². The fourth-order valence-corrected chi connectivity index (χ4v) is 3.99. The highest BCUT2D eigenvalue weighted by atomic mass is 35.5. The Morgan fingerprint density at radius 1 is 1.05 bits per heavy atom. The number of anilines is 2. The van der Waals surface area contributed by atoms with E-state index in [1.165, 1.54) is 25.8 Å². The van der Waals surface area contributed by atoms with Crippen molar-refractivity contribution in [1.82, 2.24) is 4.90 Å². The lowest BCUT2D eigenvalue weighted by Gasteiger charge is -2.45. The number of rotatable bonds is 1. The molecule has 1 aromatic rings. The first kappa shape index (κ1) is 13.3. The highest BCUT2D eigenvalue weighted by Crippen LogP contribution is 2.37. The van der Waals surface area contributed by atoms with Crippen molar-refractivity contribution in [3.8, 4) is 0 Å². The Hall–Kier alpha value is -0.640. The number of halogens is 2. The normalized spacial score (nSPS) is 24.3. The zero-order valence-electron chi connectivity index (χ0n) is 10.9. The van der Waals surface area contributed by atoms with Crippen LogP contribution in [0, 0.1) is 0 Å². The standard InChI is InChI=1S/C14H19Cl2N3/c15-12-7-10(17)8-13(16)14(12)19-6-5-18-4-2-1-3-11(18)9-19/h7-8,11H,1-6,9,17H2. The summed E-state index contributed by atoms with van der Waals surface area (Å²) in [7, 11) is 0. The maximum Gasteiger partial charge on any atom is 0.0747 e. The van der Waals surface area contributed by atoms with E-state index in [0.717, 1.165) is 25.3 Å². The van der Waals surface area contributed by atoms with Crippen LogP contribution in [0.4, 0.5) is 11.4 Å². The maximum atomic E-state index is 6.32.